The molecule has 0 saturated heterocycles. The van der Waals surface area contributed by atoms with Gasteiger partial charge in [-0.2, -0.15) is 0 Å². The van der Waals surface area contributed by atoms with E-state index >= 15 is 0 Å². The average Bonchev–Trinajstić information content (AvgIpc) is 3.33. The molecule has 1 saturated carbocycles. The molecule has 134 valence electrons. The highest BCUT2D eigenvalue weighted by Crippen LogP contribution is 2.29. The third-order valence-electron chi connectivity index (χ3n) is 4.40. The first-order valence-electron chi connectivity index (χ1n) is 8.90. The van der Waals surface area contributed by atoms with Gasteiger partial charge in [-0.05, 0) is 55.0 Å². The van der Waals surface area contributed by atoms with Crippen LogP contribution in [0.3, 0.4) is 0 Å². The Morgan fingerprint density at radius 2 is 2.20 bits per heavy atom. The van der Waals surface area contributed by atoms with Crippen LogP contribution < -0.4 is 10.1 Å². The van der Waals surface area contributed by atoms with Gasteiger partial charge in [0, 0.05) is 13.6 Å². The molecule has 0 radical (unpaired) electrons. The number of carbonyl (C=O) groups excluding carboxylic acids is 1. The molecular formula is C20H26N2O3. The van der Waals surface area contributed by atoms with E-state index in [1.165, 1.54) is 18.4 Å². The number of nitrogens with one attached hydrogen (secondary N) is 1. The van der Waals surface area contributed by atoms with Crippen LogP contribution in [0.4, 0.5) is 0 Å². The summed E-state index contributed by atoms with van der Waals surface area (Å²) in [6.07, 6.45) is 5.11. The van der Waals surface area contributed by atoms with Gasteiger partial charge in [-0.25, -0.2) is 0 Å². The molecule has 0 spiro atoms. The molecule has 5 nitrogen and oxygen atoms in total. The van der Waals surface area contributed by atoms with Crippen LogP contribution in [0.5, 0.6) is 5.75 Å². The van der Waals surface area contributed by atoms with Crippen LogP contribution in [0, 0.1) is 5.92 Å². The molecule has 5 heteroatoms. The summed E-state index contributed by atoms with van der Waals surface area (Å²) in [5, 5.41) is 2.68. The summed E-state index contributed by atoms with van der Waals surface area (Å²) in [5.41, 5.74) is 1.22. The minimum absolute atomic E-state index is 0.00748. The number of rotatable bonds is 10. The lowest BCUT2D eigenvalue weighted by Gasteiger charge is -2.20. The van der Waals surface area contributed by atoms with Crippen molar-refractivity contribution in [3.05, 3.63) is 54.0 Å². The molecule has 1 amide bonds. The number of likely N-dealkylation sites (N-methyl/N-ethyl adjacent to an activating group) is 1. The zero-order chi connectivity index (χ0) is 17.5. The van der Waals surface area contributed by atoms with Gasteiger partial charge in [-0.15, -0.1) is 0 Å². The second-order valence-corrected chi connectivity index (χ2v) is 6.61. The van der Waals surface area contributed by atoms with E-state index in [0.29, 0.717) is 13.1 Å². The first kappa shape index (κ1) is 17.5. The van der Waals surface area contributed by atoms with Crippen molar-refractivity contribution in [2.75, 3.05) is 26.7 Å². The SMILES string of the molecule is CNC(=O)CN(CCc1cccc(OCC2CC2)c1)Cc1ccco1. The summed E-state index contributed by atoms with van der Waals surface area (Å²) < 4.78 is 11.3. The summed E-state index contributed by atoms with van der Waals surface area (Å²) in [4.78, 5) is 13.9. The fourth-order valence-electron chi connectivity index (χ4n) is 2.70. The van der Waals surface area contributed by atoms with Crippen molar-refractivity contribution in [2.24, 2.45) is 5.92 Å². The van der Waals surface area contributed by atoms with Crippen LogP contribution in [-0.4, -0.2) is 37.6 Å². The van der Waals surface area contributed by atoms with Crippen molar-refractivity contribution in [2.45, 2.75) is 25.8 Å². The third kappa shape index (κ3) is 5.94. The van der Waals surface area contributed by atoms with Crippen molar-refractivity contribution in [1.29, 1.82) is 0 Å². The minimum atomic E-state index is 0.00748. The maximum atomic E-state index is 11.8. The molecule has 1 N–H and O–H groups in total. The predicted octanol–water partition coefficient (Wildman–Crippen LogP) is 2.86. The topological polar surface area (TPSA) is 54.7 Å². The van der Waals surface area contributed by atoms with Gasteiger partial charge in [0.25, 0.3) is 0 Å². The number of nitrogens with zero attached hydrogens (tertiary/aromatic N) is 1. The number of hydrogen-bond acceptors (Lipinski definition) is 4. The highest BCUT2D eigenvalue weighted by molar-refractivity contribution is 5.77. The van der Waals surface area contributed by atoms with Crippen LogP contribution in [0.1, 0.15) is 24.2 Å². The fourth-order valence-corrected chi connectivity index (χ4v) is 2.70. The van der Waals surface area contributed by atoms with Crippen molar-refractivity contribution >= 4 is 5.91 Å². The maximum absolute atomic E-state index is 11.8. The maximum Gasteiger partial charge on any atom is 0.233 e. The molecule has 1 aromatic heterocycles. The summed E-state index contributed by atoms with van der Waals surface area (Å²) in [6.45, 7) is 2.58. The normalized spacial score (nSPS) is 13.8. The highest BCUT2D eigenvalue weighted by Gasteiger charge is 2.21. The van der Waals surface area contributed by atoms with Gasteiger partial charge >= 0.3 is 0 Å². The minimum Gasteiger partial charge on any atom is -0.493 e. The Kier molecular flexibility index (Phi) is 6.12. The van der Waals surface area contributed by atoms with Crippen molar-refractivity contribution in [3.63, 3.8) is 0 Å². The first-order valence-corrected chi connectivity index (χ1v) is 8.90. The molecule has 1 fully saturated rings. The van der Waals surface area contributed by atoms with Crippen LogP contribution >= 0.6 is 0 Å². The third-order valence-corrected chi connectivity index (χ3v) is 4.40. The molecule has 25 heavy (non-hydrogen) atoms. The van der Waals surface area contributed by atoms with E-state index in [0.717, 1.165) is 37.0 Å². The van der Waals surface area contributed by atoms with E-state index in [-0.39, 0.29) is 5.91 Å². The van der Waals surface area contributed by atoms with E-state index in [1.807, 2.05) is 24.3 Å². The molecule has 0 unspecified atom stereocenters. The quantitative estimate of drug-likeness (QED) is 0.721. The molecule has 0 atom stereocenters. The molecule has 1 aromatic carbocycles. The Labute approximate surface area is 149 Å². The Hall–Kier alpha value is -2.27. The van der Waals surface area contributed by atoms with Gasteiger partial charge in [0.15, 0.2) is 0 Å². The van der Waals surface area contributed by atoms with Crippen molar-refractivity contribution < 1.29 is 13.9 Å². The van der Waals surface area contributed by atoms with Crippen LogP contribution in [0.25, 0.3) is 0 Å². The molecule has 3 rings (SSSR count). The lowest BCUT2D eigenvalue weighted by molar-refractivity contribution is -0.121. The Morgan fingerprint density at radius 1 is 1.32 bits per heavy atom. The lowest BCUT2D eigenvalue weighted by Crippen LogP contribution is -2.36. The van der Waals surface area contributed by atoms with Crippen molar-refractivity contribution in [1.82, 2.24) is 10.2 Å². The van der Waals surface area contributed by atoms with E-state index in [1.54, 1.807) is 13.3 Å². The number of hydrogen-bond donors (Lipinski definition) is 1. The summed E-state index contributed by atoms with van der Waals surface area (Å²) in [5.74, 6) is 2.56. The van der Waals surface area contributed by atoms with Gasteiger partial charge in [-0.1, -0.05) is 12.1 Å². The van der Waals surface area contributed by atoms with Gasteiger partial charge < -0.3 is 14.5 Å². The van der Waals surface area contributed by atoms with E-state index in [2.05, 4.69) is 22.3 Å². The Balaban J connectivity index is 1.55. The molecule has 1 heterocycles. The second-order valence-electron chi connectivity index (χ2n) is 6.61. The summed E-state index contributed by atoms with van der Waals surface area (Å²) >= 11 is 0. The van der Waals surface area contributed by atoms with Gasteiger partial charge in [0.2, 0.25) is 5.91 Å². The average molecular weight is 342 g/mol. The zero-order valence-electron chi connectivity index (χ0n) is 14.7. The molecule has 0 bridgehead atoms. The standard InChI is InChI=1S/C20H26N2O3/c1-21-20(23)14-22(13-19-6-3-11-24-19)10-9-16-4-2-5-18(12-16)25-15-17-7-8-17/h2-6,11-12,17H,7-10,13-15H2,1H3,(H,21,23). The Morgan fingerprint density at radius 3 is 2.92 bits per heavy atom. The van der Waals surface area contributed by atoms with Gasteiger partial charge in [-0.3, -0.25) is 9.69 Å². The number of ether oxygens (including phenoxy) is 1. The molecular weight excluding hydrogens is 316 g/mol. The zero-order valence-corrected chi connectivity index (χ0v) is 14.7. The van der Waals surface area contributed by atoms with Crippen LogP contribution in [-0.2, 0) is 17.8 Å². The number of carbonyl (C=O) groups is 1. The highest BCUT2D eigenvalue weighted by atomic mass is 16.5. The molecule has 0 aliphatic heterocycles. The van der Waals surface area contributed by atoms with Crippen LogP contribution in [0.2, 0.25) is 0 Å². The number of amides is 1. The summed E-state index contributed by atoms with van der Waals surface area (Å²) in [6, 6.07) is 12.1. The first-order chi connectivity index (χ1) is 12.2. The fraction of sp³-hybridized carbons (Fsp3) is 0.450. The van der Waals surface area contributed by atoms with Crippen LogP contribution in [0.15, 0.2) is 47.1 Å². The number of benzene rings is 1. The largest absolute Gasteiger partial charge is 0.493 e. The van der Waals surface area contributed by atoms with E-state index < -0.39 is 0 Å². The molecule has 2 aromatic rings. The smallest absolute Gasteiger partial charge is 0.233 e. The summed E-state index contributed by atoms with van der Waals surface area (Å²) in [7, 11) is 1.66. The van der Waals surface area contributed by atoms with E-state index in [9.17, 15) is 4.79 Å². The Bertz CT molecular complexity index is 665. The van der Waals surface area contributed by atoms with E-state index in [4.69, 9.17) is 9.15 Å². The monoisotopic (exact) mass is 342 g/mol. The van der Waals surface area contributed by atoms with Gasteiger partial charge in [0.05, 0.1) is 26.0 Å². The van der Waals surface area contributed by atoms with Crippen molar-refractivity contribution in [3.8, 4) is 5.75 Å². The lowest BCUT2D eigenvalue weighted by atomic mass is 10.1. The predicted molar refractivity (Wildman–Crippen MR) is 96.4 cm³/mol. The molecule has 1 aliphatic carbocycles. The molecule has 1 aliphatic rings. The number of furan rings is 1. The second kappa shape index (κ2) is 8.72. The van der Waals surface area contributed by atoms with Gasteiger partial charge in [0.1, 0.15) is 11.5 Å².